The van der Waals surface area contributed by atoms with Crippen LogP contribution < -0.4 is 10.1 Å². The van der Waals surface area contributed by atoms with E-state index < -0.39 is 0 Å². The molecule has 4 heteroatoms. The minimum atomic E-state index is 0.193. The average molecular weight is 294 g/mol. The van der Waals surface area contributed by atoms with E-state index in [9.17, 15) is 0 Å². The lowest BCUT2D eigenvalue weighted by molar-refractivity contribution is 0.254. The lowest BCUT2D eigenvalue weighted by Gasteiger charge is -2.15. The van der Waals surface area contributed by atoms with Crippen molar-refractivity contribution in [3.05, 3.63) is 50.7 Å². The van der Waals surface area contributed by atoms with Gasteiger partial charge >= 0.3 is 0 Å². The van der Waals surface area contributed by atoms with Crippen molar-refractivity contribution in [1.82, 2.24) is 5.32 Å². The number of hydrogen-bond acceptors (Lipinski definition) is 3. The first-order valence-electron chi connectivity index (χ1n) is 6.39. The molecule has 1 aromatic carbocycles. The Balaban J connectivity index is 1.95. The zero-order valence-electron chi connectivity index (χ0n) is 10.9. The Morgan fingerprint density at radius 2 is 2.21 bits per heavy atom. The topological polar surface area (TPSA) is 21.3 Å². The molecule has 2 atom stereocenters. The van der Waals surface area contributed by atoms with E-state index >= 15 is 0 Å². The highest BCUT2D eigenvalue weighted by Crippen LogP contribution is 2.35. The molecule has 100 valence electrons. The minimum Gasteiger partial charge on any atom is -0.490 e. The van der Waals surface area contributed by atoms with E-state index in [1.165, 1.54) is 16.0 Å². The van der Waals surface area contributed by atoms with E-state index in [0.717, 1.165) is 16.5 Å². The summed E-state index contributed by atoms with van der Waals surface area (Å²) >= 11 is 7.65. The standard InChI is InChI=1S/C15H16ClNOS/c1-9-7-11-8-10(3-4-12(11)18-9)15(17-2)13-5-6-14(16)19-13/h3-6,8-9,15,17H,7H2,1-2H3. The van der Waals surface area contributed by atoms with Crippen LogP contribution in [-0.4, -0.2) is 13.2 Å². The van der Waals surface area contributed by atoms with Crippen molar-refractivity contribution in [1.29, 1.82) is 0 Å². The second-order valence-corrected chi connectivity index (χ2v) is 6.61. The Labute approximate surface area is 122 Å². The van der Waals surface area contributed by atoms with Gasteiger partial charge in [-0.25, -0.2) is 0 Å². The van der Waals surface area contributed by atoms with Gasteiger partial charge in [0.15, 0.2) is 0 Å². The van der Waals surface area contributed by atoms with E-state index in [0.29, 0.717) is 0 Å². The van der Waals surface area contributed by atoms with Gasteiger partial charge in [-0.2, -0.15) is 0 Å². The third kappa shape index (κ3) is 2.50. The molecule has 0 amide bonds. The predicted molar refractivity (Wildman–Crippen MR) is 80.5 cm³/mol. The highest BCUT2D eigenvalue weighted by molar-refractivity contribution is 7.16. The lowest BCUT2D eigenvalue weighted by atomic mass is 10.0. The number of fused-ring (bicyclic) bond motifs is 1. The summed E-state index contributed by atoms with van der Waals surface area (Å²) in [6.07, 6.45) is 1.28. The van der Waals surface area contributed by atoms with Gasteiger partial charge in [-0.05, 0) is 43.3 Å². The second-order valence-electron chi connectivity index (χ2n) is 4.86. The highest BCUT2D eigenvalue weighted by atomic mass is 35.5. The molecule has 2 heterocycles. The van der Waals surface area contributed by atoms with Crippen LogP contribution in [0.15, 0.2) is 30.3 Å². The number of benzene rings is 1. The molecule has 2 aromatic rings. The second kappa shape index (κ2) is 5.16. The smallest absolute Gasteiger partial charge is 0.123 e. The SMILES string of the molecule is CNC(c1ccc2c(c1)CC(C)O2)c1ccc(Cl)s1. The molecule has 0 aliphatic carbocycles. The van der Waals surface area contributed by atoms with Crippen molar-refractivity contribution in [3.8, 4) is 5.75 Å². The number of halogens is 1. The van der Waals surface area contributed by atoms with Crippen LogP contribution in [-0.2, 0) is 6.42 Å². The van der Waals surface area contributed by atoms with Crippen LogP contribution in [0.4, 0.5) is 0 Å². The van der Waals surface area contributed by atoms with E-state index in [-0.39, 0.29) is 12.1 Å². The zero-order chi connectivity index (χ0) is 13.4. The lowest BCUT2D eigenvalue weighted by Crippen LogP contribution is -2.16. The van der Waals surface area contributed by atoms with Crippen molar-refractivity contribution >= 4 is 22.9 Å². The van der Waals surface area contributed by atoms with Crippen LogP contribution in [0.2, 0.25) is 4.34 Å². The van der Waals surface area contributed by atoms with Crippen molar-refractivity contribution in [2.75, 3.05) is 7.05 Å². The molecule has 3 rings (SSSR count). The first kappa shape index (κ1) is 13.0. The number of hydrogen-bond donors (Lipinski definition) is 1. The maximum atomic E-state index is 6.03. The molecule has 1 aromatic heterocycles. The summed E-state index contributed by atoms with van der Waals surface area (Å²) < 4.78 is 6.57. The molecular formula is C15H16ClNOS. The maximum absolute atomic E-state index is 6.03. The van der Waals surface area contributed by atoms with Gasteiger partial charge in [0.2, 0.25) is 0 Å². The summed E-state index contributed by atoms with van der Waals surface area (Å²) in [5.41, 5.74) is 2.56. The first-order valence-corrected chi connectivity index (χ1v) is 7.59. The number of ether oxygens (including phenoxy) is 1. The van der Waals surface area contributed by atoms with Crippen molar-refractivity contribution < 1.29 is 4.74 Å². The number of rotatable bonds is 3. The molecule has 0 saturated carbocycles. The minimum absolute atomic E-state index is 0.193. The van der Waals surface area contributed by atoms with Crippen molar-refractivity contribution in [2.24, 2.45) is 0 Å². The molecule has 0 fully saturated rings. The van der Waals surface area contributed by atoms with Crippen molar-refractivity contribution in [3.63, 3.8) is 0 Å². The predicted octanol–water partition coefficient (Wildman–Crippen LogP) is 4.03. The van der Waals surface area contributed by atoms with Crippen LogP contribution in [0, 0.1) is 0 Å². The molecule has 1 aliphatic heterocycles. The molecule has 0 radical (unpaired) electrons. The van der Waals surface area contributed by atoms with Gasteiger partial charge in [-0.1, -0.05) is 23.7 Å². The van der Waals surface area contributed by atoms with Gasteiger partial charge in [-0.15, -0.1) is 11.3 Å². The van der Waals surface area contributed by atoms with Crippen LogP contribution in [0.1, 0.15) is 29.0 Å². The summed E-state index contributed by atoms with van der Waals surface area (Å²) in [6.45, 7) is 2.11. The van der Waals surface area contributed by atoms with E-state index in [4.69, 9.17) is 16.3 Å². The average Bonchev–Trinajstić information content (AvgIpc) is 2.95. The summed E-state index contributed by atoms with van der Waals surface area (Å²) in [7, 11) is 1.98. The van der Waals surface area contributed by atoms with Gasteiger partial charge in [0.1, 0.15) is 11.9 Å². The van der Waals surface area contributed by atoms with Crippen molar-refractivity contribution in [2.45, 2.75) is 25.5 Å². The fourth-order valence-electron chi connectivity index (χ4n) is 2.58. The molecule has 2 nitrogen and oxygen atoms in total. The molecule has 0 saturated heterocycles. The molecular weight excluding hydrogens is 278 g/mol. The van der Waals surface area contributed by atoms with Gasteiger partial charge in [0.25, 0.3) is 0 Å². The Morgan fingerprint density at radius 1 is 1.37 bits per heavy atom. The van der Waals surface area contributed by atoms with E-state index in [1.54, 1.807) is 11.3 Å². The van der Waals surface area contributed by atoms with E-state index in [2.05, 4.69) is 36.5 Å². The fraction of sp³-hybridized carbons (Fsp3) is 0.333. The molecule has 1 aliphatic rings. The largest absolute Gasteiger partial charge is 0.490 e. The molecule has 19 heavy (non-hydrogen) atoms. The zero-order valence-corrected chi connectivity index (χ0v) is 12.5. The van der Waals surface area contributed by atoms with Crippen LogP contribution in [0.5, 0.6) is 5.75 Å². The summed E-state index contributed by atoms with van der Waals surface area (Å²) in [5, 5.41) is 3.36. The number of thiophene rings is 1. The fourth-order valence-corrected chi connectivity index (χ4v) is 3.78. The summed E-state index contributed by atoms with van der Waals surface area (Å²) in [5.74, 6) is 1.02. The van der Waals surface area contributed by atoms with Crippen LogP contribution >= 0.6 is 22.9 Å². The van der Waals surface area contributed by atoms with Crippen LogP contribution in [0.3, 0.4) is 0 Å². The third-order valence-electron chi connectivity index (χ3n) is 3.42. The van der Waals surface area contributed by atoms with E-state index in [1.807, 2.05) is 13.1 Å². The Morgan fingerprint density at radius 3 is 2.89 bits per heavy atom. The summed E-state index contributed by atoms with van der Waals surface area (Å²) in [6, 6.07) is 10.7. The monoisotopic (exact) mass is 293 g/mol. The Hall–Kier alpha value is -1.03. The van der Waals surface area contributed by atoms with Gasteiger partial charge < -0.3 is 10.1 Å². The number of nitrogens with one attached hydrogen (secondary N) is 1. The quantitative estimate of drug-likeness (QED) is 0.922. The summed E-state index contributed by atoms with van der Waals surface area (Å²) in [4.78, 5) is 1.24. The first-order chi connectivity index (χ1) is 9.17. The van der Waals surface area contributed by atoms with Gasteiger partial charge in [0, 0.05) is 11.3 Å². The molecule has 2 unspecified atom stereocenters. The Kier molecular flexibility index (Phi) is 3.52. The maximum Gasteiger partial charge on any atom is 0.123 e. The molecule has 1 N–H and O–H groups in total. The van der Waals surface area contributed by atoms with Crippen LogP contribution in [0.25, 0.3) is 0 Å². The third-order valence-corrected chi connectivity index (χ3v) is 4.72. The molecule has 0 bridgehead atoms. The highest BCUT2D eigenvalue weighted by Gasteiger charge is 2.21. The Bertz CT molecular complexity index is 596. The van der Waals surface area contributed by atoms with Gasteiger partial charge in [-0.3, -0.25) is 0 Å². The molecule has 0 spiro atoms. The normalized spacial score (nSPS) is 19.0. The van der Waals surface area contributed by atoms with Gasteiger partial charge in [0.05, 0.1) is 10.4 Å².